The SMILES string of the molecule is COC(=O)C[C@H](NS(=O)(=O)c1ccc(Br)s1)C(=O)O. The number of methoxy groups -OCH3 is 1. The number of hydrogen-bond acceptors (Lipinski definition) is 6. The predicted molar refractivity (Wildman–Crippen MR) is 70.4 cm³/mol. The molecule has 19 heavy (non-hydrogen) atoms. The number of nitrogens with one attached hydrogen (secondary N) is 1. The lowest BCUT2D eigenvalue weighted by molar-refractivity contribution is -0.147. The van der Waals surface area contributed by atoms with E-state index in [9.17, 15) is 18.0 Å². The zero-order valence-electron chi connectivity index (χ0n) is 9.62. The van der Waals surface area contributed by atoms with Crippen LogP contribution in [0.4, 0.5) is 0 Å². The van der Waals surface area contributed by atoms with Gasteiger partial charge in [0, 0.05) is 0 Å². The van der Waals surface area contributed by atoms with Gasteiger partial charge in [-0.15, -0.1) is 11.3 Å². The molecular weight excluding hydrogens is 362 g/mol. The third kappa shape index (κ3) is 4.56. The second-order valence-corrected chi connectivity index (χ2v) is 7.75. The van der Waals surface area contributed by atoms with Crippen molar-refractivity contribution >= 4 is 49.2 Å². The monoisotopic (exact) mass is 371 g/mol. The fourth-order valence-electron chi connectivity index (χ4n) is 1.12. The molecule has 0 aromatic carbocycles. The summed E-state index contributed by atoms with van der Waals surface area (Å²) in [6.45, 7) is 0. The Morgan fingerprint density at radius 1 is 1.53 bits per heavy atom. The first-order valence-electron chi connectivity index (χ1n) is 4.83. The third-order valence-electron chi connectivity index (χ3n) is 2.01. The number of carbonyl (C=O) groups excluding carboxylic acids is 1. The summed E-state index contributed by atoms with van der Waals surface area (Å²) in [6, 6.07) is 1.28. The van der Waals surface area contributed by atoms with Crippen LogP contribution in [-0.4, -0.2) is 38.6 Å². The molecule has 0 unspecified atom stereocenters. The molecule has 10 heteroatoms. The summed E-state index contributed by atoms with van der Waals surface area (Å²) >= 11 is 4.04. The van der Waals surface area contributed by atoms with Gasteiger partial charge in [-0.3, -0.25) is 9.59 Å². The van der Waals surface area contributed by atoms with Gasteiger partial charge >= 0.3 is 11.9 Å². The van der Waals surface area contributed by atoms with Crippen LogP contribution in [0.15, 0.2) is 20.1 Å². The van der Waals surface area contributed by atoms with E-state index in [1.54, 1.807) is 0 Å². The molecule has 106 valence electrons. The lowest BCUT2D eigenvalue weighted by Gasteiger charge is -2.12. The number of thiophene rings is 1. The first kappa shape index (κ1) is 16.1. The van der Waals surface area contributed by atoms with Crippen molar-refractivity contribution < 1.29 is 27.9 Å². The molecule has 0 amide bonds. The fourth-order valence-corrected chi connectivity index (χ4v) is 4.33. The highest BCUT2D eigenvalue weighted by molar-refractivity contribution is 9.11. The van der Waals surface area contributed by atoms with Gasteiger partial charge in [-0.2, -0.15) is 4.72 Å². The molecule has 7 nitrogen and oxygen atoms in total. The van der Waals surface area contributed by atoms with Gasteiger partial charge in [0.25, 0.3) is 10.0 Å². The summed E-state index contributed by atoms with van der Waals surface area (Å²) in [4.78, 5) is 22.0. The zero-order valence-corrected chi connectivity index (χ0v) is 12.8. The van der Waals surface area contributed by atoms with Gasteiger partial charge in [0.1, 0.15) is 10.3 Å². The van der Waals surface area contributed by atoms with Crippen molar-refractivity contribution in [3.63, 3.8) is 0 Å². The van der Waals surface area contributed by atoms with Crippen LogP contribution >= 0.6 is 27.3 Å². The summed E-state index contributed by atoms with van der Waals surface area (Å²) < 4.78 is 30.6. The summed E-state index contributed by atoms with van der Waals surface area (Å²) in [5.41, 5.74) is 0. The van der Waals surface area contributed by atoms with E-state index in [4.69, 9.17) is 5.11 Å². The van der Waals surface area contributed by atoms with E-state index in [0.717, 1.165) is 18.4 Å². The largest absolute Gasteiger partial charge is 0.480 e. The Hall–Kier alpha value is -0.970. The highest BCUT2D eigenvalue weighted by atomic mass is 79.9. The zero-order chi connectivity index (χ0) is 14.6. The quantitative estimate of drug-likeness (QED) is 0.715. The minimum absolute atomic E-state index is 0.0458. The van der Waals surface area contributed by atoms with E-state index in [-0.39, 0.29) is 4.21 Å². The van der Waals surface area contributed by atoms with Crippen LogP contribution in [0.3, 0.4) is 0 Å². The van der Waals surface area contributed by atoms with Crippen LogP contribution < -0.4 is 4.72 Å². The van der Waals surface area contributed by atoms with Crippen LogP contribution in [0.5, 0.6) is 0 Å². The maximum atomic E-state index is 11.9. The van der Waals surface area contributed by atoms with E-state index in [1.807, 2.05) is 4.72 Å². The van der Waals surface area contributed by atoms with Gasteiger partial charge < -0.3 is 9.84 Å². The van der Waals surface area contributed by atoms with Crippen LogP contribution in [0.2, 0.25) is 0 Å². The van der Waals surface area contributed by atoms with Gasteiger partial charge in [0.15, 0.2) is 0 Å². The smallest absolute Gasteiger partial charge is 0.322 e. The number of carboxylic acids is 1. The molecular formula is C9H10BrNO6S2. The average molecular weight is 372 g/mol. The van der Waals surface area contributed by atoms with Gasteiger partial charge in [-0.05, 0) is 28.1 Å². The van der Waals surface area contributed by atoms with Crippen LogP contribution in [0.25, 0.3) is 0 Å². The number of aliphatic carboxylic acids is 1. The van der Waals surface area contributed by atoms with Gasteiger partial charge in [-0.1, -0.05) is 0 Å². The average Bonchev–Trinajstić information content (AvgIpc) is 2.75. The number of esters is 1. The molecule has 0 aliphatic heterocycles. The molecule has 0 bridgehead atoms. The Bertz CT molecular complexity index is 581. The van der Waals surface area contributed by atoms with Gasteiger partial charge in [0.2, 0.25) is 0 Å². The Labute approximate surface area is 121 Å². The Balaban J connectivity index is 2.90. The number of rotatable bonds is 6. The number of halogens is 1. The number of carbonyl (C=O) groups is 2. The van der Waals surface area contributed by atoms with E-state index in [2.05, 4.69) is 20.7 Å². The molecule has 0 spiro atoms. The molecule has 0 saturated carbocycles. The van der Waals surface area contributed by atoms with Crippen molar-refractivity contribution in [1.82, 2.24) is 4.72 Å². The maximum Gasteiger partial charge on any atom is 0.322 e. The topological polar surface area (TPSA) is 110 Å². The van der Waals surface area contributed by atoms with Crippen LogP contribution in [-0.2, 0) is 24.3 Å². The van der Waals surface area contributed by atoms with E-state index >= 15 is 0 Å². The van der Waals surface area contributed by atoms with Gasteiger partial charge in [0.05, 0.1) is 17.3 Å². The summed E-state index contributed by atoms with van der Waals surface area (Å²) in [6.07, 6.45) is -0.586. The van der Waals surface area contributed by atoms with Crippen molar-refractivity contribution in [2.24, 2.45) is 0 Å². The standard InChI is InChI=1S/C9H10BrNO6S2/c1-17-7(12)4-5(9(13)14)11-19(15,16)8-3-2-6(10)18-8/h2-3,5,11H,4H2,1H3,(H,13,14)/t5-/m0/s1. The van der Waals surface area contributed by atoms with E-state index in [0.29, 0.717) is 3.79 Å². The molecule has 0 fully saturated rings. The number of hydrogen-bond donors (Lipinski definition) is 2. The minimum atomic E-state index is -3.99. The second kappa shape index (κ2) is 6.46. The van der Waals surface area contributed by atoms with Crippen molar-refractivity contribution in [2.75, 3.05) is 7.11 Å². The molecule has 1 aromatic heterocycles. The lowest BCUT2D eigenvalue weighted by atomic mass is 10.2. The summed E-state index contributed by atoms with van der Waals surface area (Å²) in [7, 11) is -2.90. The Morgan fingerprint density at radius 2 is 2.16 bits per heavy atom. The first-order valence-corrected chi connectivity index (χ1v) is 7.93. The normalized spacial score (nSPS) is 12.9. The maximum absolute atomic E-state index is 11.9. The van der Waals surface area contributed by atoms with Gasteiger partial charge in [-0.25, -0.2) is 8.42 Å². The molecule has 2 N–H and O–H groups in total. The molecule has 1 rings (SSSR count). The Morgan fingerprint density at radius 3 is 2.58 bits per heavy atom. The highest BCUT2D eigenvalue weighted by Gasteiger charge is 2.28. The van der Waals surface area contributed by atoms with Crippen molar-refractivity contribution in [2.45, 2.75) is 16.7 Å². The lowest BCUT2D eigenvalue weighted by Crippen LogP contribution is -2.42. The predicted octanol–water partition coefficient (Wildman–Crippen LogP) is 0.805. The highest BCUT2D eigenvalue weighted by Crippen LogP contribution is 2.26. The van der Waals surface area contributed by atoms with Crippen molar-refractivity contribution in [3.05, 3.63) is 15.9 Å². The molecule has 1 heterocycles. The number of carboxylic acid groups (broad SMARTS) is 1. The van der Waals surface area contributed by atoms with Crippen LogP contribution in [0.1, 0.15) is 6.42 Å². The molecule has 0 aliphatic rings. The fraction of sp³-hybridized carbons (Fsp3) is 0.333. The first-order chi connectivity index (χ1) is 8.76. The summed E-state index contributed by atoms with van der Waals surface area (Å²) in [5.74, 6) is -2.27. The molecule has 1 aromatic rings. The molecule has 0 saturated heterocycles. The van der Waals surface area contributed by atoms with E-state index < -0.39 is 34.4 Å². The third-order valence-corrected chi connectivity index (χ3v) is 5.59. The number of ether oxygens (including phenoxy) is 1. The molecule has 1 atom stereocenters. The molecule has 0 radical (unpaired) electrons. The second-order valence-electron chi connectivity index (χ2n) is 3.35. The van der Waals surface area contributed by atoms with Crippen molar-refractivity contribution in [3.8, 4) is 0 Å². The molecule has 0 aliphatic carbocycles. The van der Waals surface area contributed by atoms with Crippen LogP contribution in [0, 0.1) is 0 Å². The summed E-state index contributed by atoms with van der Waals surface area (Å²) in [5, 5.41) is 8.89. The Kier molecular flexibility index (Phi) is 5.47. The van der Waals surface area contributed by atoms with E-state index in [1.165, 1.54) is 12.1 Å². The van der Waals surface area contributed by atoms with Crippen molar-refractivity contribution in [1.29, 1.82) is 0 Å². The minimum Gasteiger partial charge on any atom is -0.480 e. The number of sulfonamides is 1.